The van der Waals surface area contributed by atoms with E-state index in [9.17, 15) is 13.2 Å². The molecule has 0 spiro atoms. The molecular weight excluding hydrogens is 436 g/mol. The summed E-state index contributed by atoms with van der Waals surface area (Å²) >= 11 is 7.48. The van der Waals surface area contributed by atoms with E-state index in [1.165, 1.54) is 11.3 Å². The van der Waals surface area contributed by atoms with Gasteiger partial charge in [-0.15, -0.1) is 11.3 Å². The van der Waals surface area contributed by atoms with Crippen LogP contribution < -0.4 is 14.2 Å². The van der Waals surface area contributed by atoms with Crippen LogP contribution in [0.5, 0.6) is 11.5 Å². The quantitative estimate of drug-likeness (QED) is 0.763. The largest absolute Gasteiger partial charge is 0.489 e. The van der Waals surface area contributed by atoms with Crippen molar-refractivity contribution in [2.75, 3.05) is 26.3 Å². The van der Waals surface area contributed by atoms with Crippen LogP contribution in [0.2, 0.25) is 5.02 Å². The number of fused-ring (bicyclic) bond motifs is 1. The summed E-state index contributed by atoms with van der Waals surface area (Å²) in [5.74, 6) is 0.807. The Balaban J connectivity index is 1.41. The van der Waals surface area contributed by atoms with Gasteiger partial charge in [-0.3, -0.25) is 4.79 Å². The Hall–Kier alpha value is -1.81. The second-order valence-electron chi connectivity index (χ2n) is 6.96. The van der Waals surface area contributed by atoms with Gasteiger partial charge in [-0.2, -0.15) is 0 Å². The van der Waals surface area contributed by atoms with Crippen LogP contribution in [0.1, 0.15) is 29.6 Å². The molecule has 0 saturated carbocycles. The number of benzene rings is 1. The highest BCUT2D eigenvalue weighted by molar-refractivity contribution is 7.91. The van der Waals surface area contributed by atoms with E-state index in [4.69, 9.17) is 21.1 Å². The molecule has 2 aromatic rings. The number of hydrogen-bond donors (Lipinski definition) is 1. The predicted molar refractivity (Wildman–Crippen MR) is 111 cm³/mol. The van der Waals surface area contributed by atoms with Crippen LogP contribution >= 0.6 is 22.9 Å². The van der Waals surface area contributed by atoms with Crippen LogP contribution in [0, 0.1) is 0 Å². The molecule has 0 aliphatic carbocycles. The number of likely N-dealkylation sites (tertiary alicyclic amines) is 1. The molecule has 1 saturated heterocycles. The summed E-state index contributed by atoms with van der Waals surface area (Å²) in [6.07, 6.45) is 1.85. The van der Waals surface area contributed by atoms with E-state index >= 15 is 0 Å². The fourth-order valence-electron chi connectivity index (χ4n) is 3.43. The van der Waals surface area contributed by atoms with Crippen molar-refractivity contribution in [1.29, 1.82) is 0 Å². The maximum absolute atomic E-state index is 12.9. The number of ether oxygens (including phenoxy) is 2. The van der Waals surface area contributed by atoms with Gasteiger partial charge in [0.1, 0.15) is 4.21 Å². The zero-order chi connectivity index (χ0) is 20.4. The Morgan fingerprint density at radius 1 is 1.21 bits per heavy atom. The number of nitrogens with one attached hydrogen (secondary N) is 1. The summed E-state index contributed by atoms with van der Waals surface area (Å²) in [4.78, 5) is 14.7. The lowest BCUT2D eigenvalue weighted by molar-refractivity contribution is 0.0711. The number of hydrogen-bond acceptors (Lipinski definition) is 6. The minimum atomic E-state index is -3.51. The molecule has 1 fully saturated rings. The highest BCUT2D eigenvalue weighted by Crippen LogP contribution is 2.38. The molecular formula is C19H21ClN2O5S2. The SMILES string of the molecule is O=C(c1cc(Cl)c2c(c1)OCCCO2)N1CCC(NS(=O)(=O)c2cccs2)CC1. The highest BCUT2D eigenvalue weighted by atomic mass is 35.5. The van der Waals surface area contributed by atoms with Gasteiger partial charge in [0.15, 0.2) is 11.5 Å². The first-order chi connectivity index (χ1) is 13.9. The lowest BCUT2D eigenvalue weighted by Crippen LogP contribution is -2.46. The maximum atomic E-state index is 12.9. The Labute approximate surface area is 178 Å². The van der Waals surface area contributed by atoms with E-state index in [-0.39, 0.29) is 11.9 Å². The van der Waals surface area contributed by atoms with Crippen LogP contribution in [0.3, 0.4) is 0 Å². The molecule has 10 heteroatoms. The molecule has 7 nitrogen and oxygen atoms in total. The van der Waals surface area contributed by atoms with E-state index in [1.54, 1.807) is 34.5 Å². The fraction of sp³-hybridized carbons (Fsp3) is 0.421. The van der Waals surface area contributed by atoms with E-state index in [0.29, 0.717) is 65.4 Å². The maximum Gasteiger partial charge on any atom is 0.254 e. The first kappa shape index (κ1) is 20.5. The number of piperidine rings is 1. The van der Waals surface area contributed by atoms with E-state index < -0.39 is 10.0 Å². The Bertz CT molecular complexity index is 986. The zero-order valence-corrected chi connectivity index (χ0v) is 18.0. The fourth-order valence-corrected chi connectivity index (χ4v) is 6.01. The minimum absolute atomic E-state index is 0.151. The normalized spacial score (nSPS) is 17.8. The van der Waals surface area contributed by atoms with Gasteiger partial charge in [0.05, 0.1) is 18.2 Å². The van der Waals surface area contributed by atoms with Gasteiger partial charge in [-0.05, 0) is 36.4 Å². The van der Waals surface area contributed by atoms with Crippen LogP contribution in [0.15, 0.2) is 33.9 Å². The van der Waals surface area contributed by atoms with Crippen LogP contribution in [-0.2, 0) is 10.0 Å². The molecule has 156 valence electrons. The molecule has 1 N–H and O–H groups in total. The highest BCUT2D eigenvalue weighted by Gasteiger charge is 2.28. The van der Waals surface area contributed by atoms with Crippen LogP contribution in [0.4, 0.5) is 0 Å². The van der Waals surface area contributed by atoms with Gasteiger partial charge < -0.3 is 14.4 Å². The van der Waals surface area contributed by atoms with Gasteiger partial charge in [-0.1, -0.05) is 17.7 Å². The van der Waals surface area contributed by atoms with Crippen molar-refractivity contribution in [3.05, 3.63) is 40.2 Å². The van der Waals surface area contributed by atoms with E-state index in [1.807, 2.05) is 0 Å². The first-order valence-corrected chi connectivity index (χ1v) is 12.1. The van der Waals surface area contributed by atoms with Gasteiger partial charge in [0.25, 0.3) is 5.91 Å². The summed E-state index contributed by atoms with van der Waals surface area (Å²) in [5, 5.41) is 2.09. The molecule has 0 unspecified atom stereocenters. The summed E-state index contributed by atoms with van der Waals surface area (Å²) in [7, 11) is -3.51. The smallest absolute Gasteiger partial charge is 0.254 e. The van der Waals surface area contributed by atoms with Gasteiger partial charge in [-0.25, -0.2) is 13.1 Å². The molecule has 2 aliphatic rings. The summed E-state index contributed by atoms with van der Waals surface area (Å²) in [5.41, 5.74) is 0.442. The average Bonchev–Trinajstić information content (AvgIpc) is 3.15. The molecule has 1 aromatic heterocycles. The van der Waals surface area contributed by atoms with Gasteiger partial charge >= 0.3 is 0 Å². The van der Waals surface area contributed by atoms with Crippen molar-refractivity contribution in [3.8, 4) is 11.5 Å². The third kappa shape index (κ3) is 4.53. The van der Waals surface area contributed by atoms with Crippen molar-refractivity contribution < 1.29 is 22.7 Å². The van der Waals surface area contributed by atoms with Gasteiger partial charge in [0.2, 0.25) is 10.0 Å². The van der Waals surface area contributed by atoms with Gasteiger partial charge in [0, 0.05) is 31.1 Å². The molecule has 1 aromatic carbocycles. The monoisotopic (exact) mass is 456 g/mol. The van der Waals surface area contributed by atoms with Crippen molar-refractivity contribution in [2.24, 2.45) is 0 Å². The molecule has 2 aliphatic heterocycles. The third-order valence-electron chi connectivity index (χ3n) is 4.91. The predicted octanol–water partition coefficient (Wildman–Crippen LogP) is 3.15. The summed E-state index contributed by atoms with van der Waals surface area (Å²) < 4.78 is 39.1. The number of thiophene rings is 1. The average molecular weight is 457 g/mol. The molecule has 0 bridgehead atoms. The number of rotatable bonds is 4. The number of carbonyl (C=O) groups is 1. The number of sulfonamides is 1. The Morgan fingerprint density at radius 3 is 2.69 bits per heavy atom. The molecule has 3 heterocycles. The summed E-state index contributed by atoms with van der Waals surface area (Å²) in [6, 6.07) is 6.36. The van der Waals surface area contributed by atoms with E-state index in [0.717, 1.165) is 6.42 Å². The molecule has 1 amide bonds. The third-order valence-corrected chi connectivity index (χ3v) is 8.11. The zero-order valence-electron chi connectivity index (χ0n) is 15.6. The lowest BCUT2D eigenvalue weighted by Gasteiger charge is -2.32. The lowest BCUT2D eigenvalue weighted by atomic mass is 10.0. The first-order valence-electron chi connectivity index (χ1n) is 9.38. The van der Waals surface area contributed by atoms with Crippen molar-refractivity contribution in [1.82, 2.24) is 9.62 Å². The Morgan fingerprint density at radius 2 is 1.97 bits per heavy atom. The number of halogens is 1. The number of carbonyl (C=O) groups excluding carboxylic acids is 1. The molecule has 0 radical (unpaired) electrons. The second-order valence-corrected chi connectivity index (χ2v) is 10.3. The van der Waals surface area contributed by atoms with Crippen LogP contribution in [-0.4, -0.2) is 51.6 Å². The molecule has 0 atom stereocenters. The van der Waals surface area contributed by atoms with Crippen molar-refractivity contribution >= 4 is 38.9 Å². The molecule has 4 rings (SSSR count). The number of amides is 1. The molecule has 29 heavy (non-hydrogen) atoms. The van der Waals surface area contributed by atoms with Crippen molar-refractivity contribution in [2.45, 2.75) is 29.5 Å². The topological polar surface area (TPSA) is 84.9 Å². The standard InChI is InChI=1S/C19H21ClN2O5S2/c20-15-11-13(12-16-18(15)27-9-2-8-26-16)19(23)22-6-4-14(5-7-22)21-29(24,25)17-3-1-10-28-17/h1,3,10-12,14,21H,2,4-9H2. The van der Waals surface area contributed by atoms with Crippen molar-refractivity contribution in [3.63, 3.8) is 0 Å². The van der Waals surface area contributed by atoms with E-state index in [2.05, 4.69) is 4.72 Å². The summed E-state index contributed by atoms with van der Waals surface area (Å²) in [6.45, 7) is 1.96. The minimum Gasteiger partial charge on any atom is -0.489 e. The number of nitrogens with zero attached hydrogens (tertiary/aromatic N) is 1. The second kappa shape index (κ2) is 8.51. The Kier molecular flexibility index (Phi) is 6.00. The van der Waals surface area contributed by atoms with Crippen LogP contribution in [0.25, 0.3) is 0 Å².